The maximum atomic E-state index is 13.0. The third-order valence-corrected chi connectivity index (χ3v) is 6.42. The number of aromatic nitrogens is 1. The smallest absolute Gasteiger partial charge is 0.303 e. The van der Waals surface area contributed by atoms with Crippen LogP contribution in [0.25, 0.3) is 10.9 Å². The minimum atomic E-state index is -0.855. The Kier molecular flexibility index (Phi) is 8.46. The van der Waals surface area contributed by atoms with E-state index in [1.165, 1.54) is 0 Å². The van der Waals surface area contributed by atoms with Gasteiger partial charge in [0, 0.05) is 37.1 Å². The van der Waals surface area contributed by atoms with Gasteiger partial charge in [-0.05, 0) is 59.9 Å². The van der Waals surface area contributed by atoms with Gasteiger partial charge in [-0.1, -0.05) is 42.5 Å². The fraction of sp³-hybridized carbons (Fsp3) is 0.267. The predicted octanol–water partition coefficient (Wildman–Crippen LogP) is 4.95. The van der Waals surface area contributed by atoms with Crippen molar-refractivity contribution in [3.63, 3.8) is 0 Å². The quantitative estimate of drug-likeness (QED) is 0.298. The number of hydrogen-bond acceptors (Lipinski definition) is 4. The number of rotatable bonds is 12. The van der Waals surface area contributed by atoms with Gasteiger partial charge in [-0.25, -0.2) is 0 Å². The summed E-state index contributed by atoms with van der Waals surface area (Å²) in [4.78, 5) is 26.0. The Morgan fingerprint density at radius 1 is 0.919 bits per heavy atom. The number of aryl methyl sites for hydroxylation is 1. The molecule has 0 bridgehead atoms. The Bertz CT molecular complexity index is 1350. The molecule has 4 rings (SSSR count). The number of fused-ring (bicyclic) bond motifs is 1. The van der Waals surface area contributed by atoms with Gasteiger partial charge in [0.25, 0.3) is 0 Å². The van der Waals surface area contributed by atoms with Gasteiger partial charge in [0.1, 0.15) is 24.7 Å². The Labute approximate surface area is 216 Å². The Balaban J connectivity index is 1.47. The van der Waals surface area contributed by atoms with E-state index in [1.54, 1.807) is 19.1 Å². The summed E-state index contributed by atoms with van der Waals surface area (Å²) in [5, 5.41) is 10.1. The summed E-state index contributed by atoms with van der Waals surface area (Å²) in [6.07, 6.45) is 3.03. The molecule has 4 aromatic rings. The van der Waals surface area contributed by atoms with E-state index >= 15 is 0 Å². The molecular weight excluding hydrogens is 468 g/mol. The molecule has 1 amide bonds. The zero-order valence-corrected chi connectivity index (χ0v) is 21.2. The normalized spacial score (nSPS) is 10.9. The molecule has 3 aromatic carbocycles. The standard InChI is InChI=1S/C30H32N2O5/c1-31(17-16-22-8-11-25(36-2)12-9-22)29(33)20-32-19-24(10-15-30(34)35)27-18-26(13-14-28(27)32)37-21-23-6-4-3-5-7-23/h3-9,11-14,18-19H,10,15-17,20-21H2,1-2H3,(H,34,35). The lowest BCUT2D eigenvalue weighted by atomic mass is 10.1. The third kappa shape index (κ3) is 6.91. The van der Waals surface area contributed by atoms with E-state index in [0.717, 1.165) is 39.8 Å². The molecule has 192 valence electrons. The fourth-order valence-corrected chi connectivity index (χ4v) is 4.23. The summed E-state index contributed by atoms with van der Waals surface area (Å²) in [7, 11) is 3.44. The molecule has 1 aromatic heterocycles. The number of carboxylic acids is 1. The number of methoxy groups -OCH3 is 1. The van der Waals surface area contributed by atoms with Crippen LogP contribution in [0.1, 0.15) is 23.1 Å². The Hall–Kier alpha value is -4.26. The van der Waals surface area contributed by atoms with Crippen molar-refractivity contribution < 1.29 is 24.2 Å². The van der Waals surface area contributed by atoms with Crippen LogP contribution in [0.15, 0.2) is 79.0 Å². The van der Waals surface area contributed by atoms with E-state index in [1.807, 2.05) is 83.6 Å². The van der Waals surface area contributed by atoms with Crippen LogP contribution in [0.5, 0.6) is 11.5 Å². The molecule has 0 radical (unpaired) electrons. The molecule has 0 aliphatic carbocycles. The summed E-state index contributed by atoms with van der Waals surface area (Å²) in [6, 6.07) is 23.5. The first-order valence-electron chi connectivity index (χ1n) is 12.3. The van der Waals surface area contributed by atoms with Gasteiger partial charge in [-0.3, -0.25) is 9.59 Å². The average Bonchev–Trinajstić information content (AvgIpc) is 3.26. The molecule has 0 fully saturated rings. The van der Waals surface area contributed by atoms with Crippen LogP contribution < -0.4 is 9.47 Å². The van der Waals surface area contributed by atoms with Gasteiger partial charge in [-0.15, -0.1) is 0 Å². The summed E-state index contributed by atoms with van der Waals surface area (Å²) in [5.41, 5.74) is 3.96. The number of carbonyl (C=O) groups excluding carboxylic acids is 1. The topological polar surface area (TPSA) is 81.0 Å². The number of carbonyl (C=O) groups is 2. The molecule has 0 aliphatic rings. The van der Waals surface area contributed by atoms with E-state index in [4.69, 9.17) is 9.47 Å². The number of likely N-dealkylation sites (N-methyl/N-ethyl adjacent to an activating group) is 1. The highest BCUT2D eigenvalue weighted by atomic mass is 16.5. The van der Waals surface area contributed by atoms with Gasteiger partial charge >= 0.3 is 5.97 Å². The van der Waals surface area contributed by atoms with Crippen molar-refractivity contribution in [1.82, 2.24) is 9.47 Å². The Morgan fingerprint density at radius 3 is 2.35 bits per heavy atom. The molecule has 1 heterocycles. The molecule has 0 aliphatic heterocycles. The molecule has 0 spiro atoms. The maximum absolute atomic E-state index is 13.0. The van der Waals surface area contributed by atoms with Crippen LogP contribution in [-0.4, -0.2) is 47.2 Å². The lowest BCUT2D eigenvalue weighted by Gasteiger charge is -2.18. The first kappa shape index (κ1) is 25.8. The number of amides is 1. The van der Waals surface area contributed by atoms with E-state index in [-0.39, 0.29) is 18.9 Å². The van der Waals surface area contributed by atoms with Crippen LogP contribution in [0.4, 0.5) is 0 Å². The zero-order valence-electron chi connectivity index (χ0n) is 21.2. The number of carboxylic acid groups (broad SMARTS) is 1. The van der Waals surface area contributed by atoms with Gasteiger partial charge in [-0.2, -0.15) is 0 Å². The van der Waals surface area contributed by atoms with E-state index in [0.29, 0.717) is 25.3 Å². The van der Waals surface area contributed by atoms with E-state index in [2.05, 4.69) is 0 Å². The highest BCUT2D eigenvalue weighted by Gasteiger charge is 2.16. The second-order valence-corrected chi connectivity index (χ2v) is 9.04. The van der Waals surface area contributed by atoms with Crippen molar-refractivity contribution in [3.05, 3.63) is 95.7 Å². The first-order valence-corrected chi connectivity index (χ1v) is 12.3. The average molecular weight is 501 g/mol. The second-order valence-electron chi connectivity index (χ2n) is 9.04. The minimum absolute atomic E-state index is 0.0143. The minimum Gasteiger partial charge on any atom is -0.497 e. The number of benzene rings is 3. The molecular formula is C30H32N2O5. The highest BCUT2D eigenvalue weighted by molar-refractivity contribution is 5.87. The number of aliphatic carboxylic acids is 1. The molecule has 37 heavy (non-hydrogen) atoms. The highest BCUT2D eigenvalue weighted by Crippen LogP contribution is 2.28. The van der Waals surface area contributed by atoms with E-state index < -0.39 is 5.97 Å². The molecule has 7 nitrogen and oxygen atoms in total. The molecule has 0 unspecified atom stereocenters. The van der Waals surface area contributed by atoms with Gasteiger partial charge in [0.15, 0.2) is 0 Å². The Morgan fingerprint density at radius 2 is 1.65 bits per heavy atom. The van der Waals surface area contributed by atoms with Crippen molar-refractivity contribution in [2.45, 2.75) is 32.4 Å². The summed E-state index contributed by atoms with van der Waals surface area (Å²) < 4.78 is 13.1. The number of ether oxygens (including phenoxy) is 2. The third-order valence-electron chi connectivity index (χ3n) is 6.42. The van der Waals surface area contributed by atoms with Crippen molar-refractivity contribution in [1.29, 1.82) is 0 Å². The summed E-state index contributed by atoms with van der Waals surface area (Å²) in [5.74, 6) is 0.639. The van der Waals surface area contributed by atoms with Crippen molar-refractivity contribution in [2.75, 3.05) is 20.7 Å². The lowest BCUT2D eigenvalue weighted by molar-refractivity contribution is -0.137. The maximum Gasteiger partial charge on any atom is 0.303 e. The zero-order chi connectivity index (χ0) is 26.2. The molecule has 0 atom stereocenters. The van der Waals surface area contributed by atoms with Gasteiger partial charge in [0.2, 0.25) is 5.91 Å². The first-order chi connectivity index (χ1) is 17.9. The van der Waals surface area contributed by atoms with Crippen LogP contribution in [-0.2, 0) is 35.6 Å². The summed E-state index contributed by atoms with van der Waals surface area (Å²) >= 11 is 0. The molecule has 0 saturated carbocycles. The SMILES string of the molecule is COc1ccc(CCN(C)C(=O)Cn2cc(CCC(=O)O)c3cc(OCc4ccccc4)ccc32)cc1. The van der Waals surface area contributed by atoms with E-state index in [9.17, 15) is 14.7 Å². The second kappa shape index (κ2) is 12.1. The van der Waals surface area contributed by atoms with Crippen molar-refractivity contribution in [2.24, 2.45) is 0 Å². The molecule has 0 saturated heterocycles. The summed E-state index contributed by atoms with van der Waals surface area (Å²) in [6.45, 7) is 1.20. The van der Waals surface area contributed by atoms with Gasteiger partial charge < -0.3 is 24.0 Å². The molecule has 1 N–H and O–H groups in total. The van der Waals surface area contributed by atoms with Crippen molar-refractivity contribution in [3.8, 4) is 11.5 Å². The fourth-order valence-electron chi connectivity index (χ4n) is 4.23. The van der Waals surface area contributed by atoms with Crippen LogP contribution in [0.3, 0.4) is 0 Å². The number of hydrogen-bond donors (Lipinski definition) is 1. The van der Waals surface area contributed by atoms with Crippen LogP contribution >= 0.6 is 0 Å². The monoisotopic (exact) mass is 500 g/mol. The molecule has 7 heteroatoms. The van der Waals surface area contributed by atoms with Gasteiger partial charge in [0.05, 0.1) is 7.11 Å². The predicted molar refractivity (Wildman–Crippen MR) is 143 cm³/mol. The van der Waals surface area contributed by atoms with Crippen LogP contribution in [0, 0.1) is 0 Å². The van der Waals surface area contributed by atoms with Crippen molar-refractivity contribution >= 4 is 22.8 Å². The number of nitrogens with zero attached hydrogens (tertiary/aromatic N) is 2. The lowest BCUT2D eigenvalue weighted by Crippen LogP contribution is -2.31. The van der Waals surface area contributed by atoms with Crippen LogP contribution in [0.2, 0.25) is 0 Å². The largest absolute Gasteiger partial charge is 0.497 e.